The van der Waals surface area contributed by atoms with Gasteiger partial charge in [-0.3, -0.25) is 0 Å². The summed E-state index contributed by atoms with van der Waals surface area (Å²) in [4.78, 5) is 21.4. The number of halogens is 1. The molecule has 0 bridgehead atoms. The van der Waals surface area contributed by atoms with Crippen molar-refractivity contribution in [1.82, 2.24) is 4.90 Å². The van der Waals surface area contributed by atoms with Crippen LogP contribution < -0.4 is 4.74 Å². The van der Waals surface area contributed by atoms with E-state index in [9.17, 15) is 14.0 Å². The van der Waals surface area contributed by atoms with Crippen molar-refractivity contribution in [2.24, 2.45) is 0 Å². The third-order valence-corrected chi connectivity index (χ3v) is 3.15. The lowest BCUT2D eigenvalue weighted by Gasteiger charge is -2.29. The first-order chi connectivity index (χ1) is 10.9. The largest absolute Gasteiger partial charge is 0.490 e. The number of hydrogen-bond acceptors (Lipinski definition) is 4. The zero-order valence-electron chi connectivity index (χ0n) is 12.8. The maximum atomic E-state index is 12.7. The minimum atomic E-state index is -1.26. The summed E-state index contributed by atoms with van der Waals surface area (Å²) in [5.41, 5.74) is 0. The van der Waals surface area contributed by atoms with E-state index >= 15 is 0 Å². The lowest BCUT2D eigenvalue weighted by atomic mass is 10.1. The van der Waals surface area contributed by atoms with Gasteiger partial charge >= 0.3 is 11.9 Å². The lowest BCUT2D eigenvalue weighted by molar-refractivity contribution is -0.134. The first-order valence-corrected chi connectivity index (χ1v) is 7.11. The number of rotatable bonds is 4. The second kappa shape index (κ2) is 9.58. The molecule has 2 N–H and O–H groups in total. The Morgan fingerprint density at radius 1 is 1.13 bits per heavy atom. The maximum absolute atomic E-state index is 12.7. The first kappa shape index (κ1) is 18.6. The number of piperidine rings is 1. The summed E-state index contributed by atoms with van der Waals surface area (Å²) in [6.07, 6.45) is 3.50. The van der Waals surface area contributed by atoms with Gasteiger partial charge in [-0.15, -0.1) is 0 Å². The molecule has 1 aromatic carbocycles. The number of nitrogens with zero attached hydrogens (tertiary/aromatic N) is 1. The fourth-order valence-corrected chi connectivity index (χ4v) is 1.95. The average Bonchev–Trinajstić information content (AvgIpc) is 2.50. The highest BCUT2D eigenvalue weighted by Crippen LogP contribution is 2.18. The summed E-state index contributed by atoms with van der Waals surface area (Å²) in [5.74, 6) is -1.96. The molecule has 1 saturated heterocycles. The van der Waals surface area contributed by atoms with Crippen LogP contribution in [0.5, 0.6) is 5.75 Å². The minimum Gasteiger partial charge on any atom is -0.490 e. The number of aliphatic carboxylic acids is 2. The summed E-state index contributed by atoms with van der Waals surface area (Å²) >= 11 is 0. The molecule has 0 saturated carbocycles. The lowest BCUT2D eigenvalue weighted by Crippen LogP contribution is -2.35. The fourth-order valence-electron chi connectivity index (χ4n) is 1.95. The number of carboxylic acid groups (broad SMARTS) is 2. The third-order valence-electron chi connectivity index (χ3n) is 3.15. The summed E-state index contributed by atoms with van der Waals surface area (Å²) in [6.45, 7) is 2.15. The zero-order chi connectivity index (χ0) is 17.2. The molecule has 1 heterocycles. The summed E-state index contributed by atoms with van der Waals surface area (Å²) in [6, 6.07) is 6.25. The number of carbonyl (C=O) groups is 2. The van der Waals surface area contributed by atoms with Crippen molar-refractivity contribution in [2.45, 2.75) is 18.9 Å². The number of likely N-dealkylation sites (tertiary alicyclic amines) is 1. The van der Waals surface area contributed by atoms with Crippen LogP contribution in [-0.4, -0.2) is 53.3 Å². The molecule has 1 aliphatic heterocycles. The number of ether oxygens (including phenoxy) is 1. The van der Waals surface area contributed by atoms with Crippen LogP contribution in [0.2, 0.25) is 0 Å². The maximum Gasteiger partial charge on any atom is 0.328 e. The van der Waals surface area contributed by atoms with Crippen LogP contribution in [0.25, 0.3) is 0 Å². The van der Waals surface area contributed by atoms with E-state index in [0.717, 1.165) is 31.7 Å². The fraction of sp³-hybridized carbons (Fsp3) is 0.375. The number of carboxylic acids is 2. The summed E-state index contributed by atoms with van der Waals surface area (Å²) < 4.78 is 18.4. The van der Waals surface area contributed by atoms with Crippen molar-refractivity contribution in [3.63, 3.8) is 0 Å². The Hall–Kier alpha value is -2.41. The second-order valence-electron chi connectivity index (χ2n) is 5.08. The van der Waals surface area contributed by atoms with Crippen LogP contribution in [0.3, 0.4) is 0 Å². The van der Waals surface area contributed by atoms with Crippen molar-refractivity contribution in [2.75, 3.05) is 20.1 Å². The molecule has 1 aromatic rings. The molecule has 126 valence electrons. The Morgan fingerprint density at radius 3 is 2.04 bits per heavy atom. The molecule has 0 aliphatic carbocycles. The minimum absolute atomic E-state index is 0.217. The van der Waals surface area contributed by atoms with Gasteiger partial charge in [0.1, 0.15) is 17.7 Å². The van der Waals surface area contributed by atoms with Crippen molar-refractivity contribution >= 4 is 11.9 Å². The summed E-state index contributed by atoms with van der Waals surface area (Å²) in [7, 11) is 2.12. The zero-order valence-corrected chi connectivity index (χ0v) is 12.8. The van der Waals surface area contributed by atoms with Crippen LogP contribution in [0.1, 0.15) is 12.8 Å². The Bertz CT molecular complexity index is 520. The molecular weight excluding hydrogens is 305 g/mol. The van der Waals surface area contributed by atoms with Crippen molar-refractivity contribution in [3.05, 3.63) is 42.2 Å². The van der Waals surface area contributed by atoms with Gasteiger partial charge < -0.3 is 19.8 Å². The number of hydrogen-bond donors (Lipinski definition) is 2. The predicted octanol–water partition coefficient (Wildman–Crippen LogP) is 2.01. The van der Waals surface area contributed by atoms with Gasteiger partial charge in [-0.25, -0.2) is 14.0 Å². The van der Waals surface area contributed by atoms with Crippen molar-refractivity contribution in [1.29, 1.82) is 0 Å². The molecule has 7 heteroatoms. The van der Waals surface area contributed by atoms with E-state index in [1.807, 2.05) is 0 Å². The topological polar surface area (TPSA) is 87.1 Å². The highest BCUT2D eigenvalue weighted by Gasteiger charge is 2.17. The first-order valence-electron chi connectivity index (χ1n) is 7.11. The molecule has 0 atom stereocenters. The highest BCUT2D eigenvalue weighted by atomic mass is 19.1. The molecule has 6 nitrogen and oxygen atoms in total. The second-order valence-corrected chi connectivity index (χ2v) is 5.08. The predicted molar refractivity (Wildman–Crippen MR) is 82.0 cm³/mol. The van der Waals surface area contributed by atoms with Gasteiger partial charge in [-0.1, -0.05) is 0 Å². The Kier molecular flexibility index (Phi) is 7.76. The van der Waals surface area contributed by atoms with Gasteiger partial charge in [0, 0.05) is 25.2 Å². The third kappa shape index (κ3) is 8.57. The van der Waals surface area contributed by atoms with Gasteiger partial charge in [-0.2, -0.15) is 0 Å². The van der Waals surface area contributed by atoms with Crippen LogP contribution in [-0.2, 0) is 9.59 Å². The van der Waals surface area contributed by atoms with Gasteiger partial charge in [0.15, 0.2) is 0 Å². The highest BCUT2D eigenvalue weighted by molar-refractivity contribution is 5.89. The molecule has 0 amide bonds. The quantitative estimate of drug-likeness (QED) is 0.824. The molecule has 2 rings (SSSR count). The Balaban J connectivity index is 0.000000284. The van der Waals surface area contributed by atoms with E-state index in [4.69, 9.17) is 14.9 Å². The monoisotopic (exact) mass is 325 g/mol. The molecular formula is C16H20FNO5. The van der Waals surface area contributed by atoms with E-state index in [0.29, 0.717) is 12.2 Å². The van der Waals surface area contributed by atoms with Gasteiger partial charge in [0.25, 0.3) is 0 Å². The number of benzene rings is 1. The standard InChI is InChI=1S/C12H16FNO.C4H4O4/c1-14-8-6-12(7-9-14)15-11-4-2-10(13)3-5-11;5-3(6)1-2-4(7)8/h2-5,12H,6-9H2,1H3;1-2H,(H,5,6)(H,7,8). The molecule has 1 aliphatic rings. The molecule has 0 unspecified atom stereocenters. The van der Waals surface area contributed by atoms with Crippen LogP contribution in [0.4, 0.5) is 4.39 Å². The Labute approximate surface area is 133 Å². The molecule has 0 spiro atoms. The van der Waals surface area contributed by atoms with Gasteiger partial charge in [0.2, 0.25) is 0 Å². The SMILES string of the molecule is CN1CCC(Oc2ccc(F)cc2)CC1.O=C(O)C=CC(=O)O. The van der Waals surface area contributed by atoms with E-state index in [1.165, 1.54) is 12.1 Å². The molecule has 1 fully saturated rings. The van der Waals surface area contributed by atoms with Gasteiger partial charge in [0.05, 0.1) is 0 Å². The van der Waals surface area contributed by atoms with Crippen molar-refractivity contribution < 1.29 is 28.9 Å². The van der Waals surface area contributed by atoms with Crippen LogP contribution >= 0.6 is 0 Å². The normalized spacial score (nSPS) is 15.7. The molecule has 23 heavy (non-hydrogen) atoms. The van der Waals surface area contributed by atoms with E-state index in [2.05, 4.69) is 11.9 Å². The van der Waals surface area contributed by atoms with Crippen molar-refractivity contribution in [3.8, 4) is 5.75 Å². The average molecular weight is 325 g/mol. The van der Waals surface area contributed by atoms with E-state index < -0.39 is 11.9 Å². The molecule has 0 aromatic heterocycles. The smallest absolute Gasteiger partial charge is 0.328 e. The van der Waals surface area contributed by atoms with E-state index in [1.54, 1.807) is 12.1 Å². The summed E-state index contributed by atoms with van der Waals surface area (Å²) in [5, 5.41) is 15.6. The Morgan fingerprint density at radius 2 is 1.61 bits per heavy atom. The molecule has 0 radical (unpaired) electrons. The van der Waals surface area contributed by atoms with Gasteiger partial charge in [-0.05, 0) is 44.2 Å². The van der Waals surface area contributed by atoms with Crippen LogP contribution in [0.15, 0.2) is 36.4 Å². The van der Waals surface area contributed by atoms with E-state index in [-0.39, 0.29) is 11.9 Å². The van der Waals surface area contributed by atoms with Crippen LogP contribution in [0, 0.1) is 5.82 Å².